The van der Waals surface area contributed by atoms with E-state index < -0.39 is 4.20 Å². The Labute approximate surface area is 176 Å². The molecule has 0 bridgehead atoms. The van der Waals surface area contributed by atoms with Crippen LogP contribution in [-0.2, 0) is 12.8 Å². The van der Waals surface area contributed by atoms with Gasteiger partial charge in [-0.25, -0.2) is 0 Å². The number of hydrogen-bond donors (Lipinski definition) is 0. The van der Waals surface area contributed by atoms with Crippen LogP contribution in [0.4, 0.5) is 0 Å². The molecule has 0 N–H and O–H groups in total. The van der Waals surface area contributed by atoms with Gasteiger partial charge in [-0.1, -0.05) is 0 Å². The van der Waals surface area contributed by atoms with E-state index in [0.717, 1.165) is 12.8 Å². The molecule has 136 valence electrons. The maximum absolute atomic E-state index is 3.71. The van der Waals surface area contributed by atoms with Gasteiger partial charge in [-0.3, -0.25) is 0 Å². The van der Waals surface area contributed by atoms with E-state index in [0.29, 0.717) is 14.5 Å². The molecule has 0 saturated carbocycles. The van der Waals surface area contributed by atoms with Gasteiger partial charge in [-0.05, 0) is 0 Å². The Morgan fingerprint density at radius 1 is 0.667 bits per heavy atom. The molecule has 0 nitrogen and oxygen atoms in total. The molecular weight excluding hydrogens is 477 g/mol. The quantitative estimate of drug-likeness (QED) is 0.255. The first-order valence-corrected chi connectivity index (χ1v) is 16.9. The van der Waals surface area contributed by atoms with Gasteiger partial charge in [-0.15, -0.1) is 0 Å². The zero-order valence-electron chi connectivity index (χ0n) is 15.3. The number of allylic oxidation sites excluding steroid dienone is 2. The average Bonchev–Trinajstić information content (AvgIpc) is 2.72. The molecule has 0 amide bonds. The third-order valence-electron chi connectivity index (χ3n) is 5.02. The molecule has 1 unspecified atom stereocenters. The molecule has 0 spiro atoms. The Balaban J connectivity index is 1.68. The predicted molar refractivity (Wildman–Crippen MR) is 121 cm³/mol. The molecule has 0 aromatic heterocycles. The van der Waals surface area contributed by atoms with Crippen molar-refractivity contribution in [2.24, 2.45) is 0 Å². The van der Waals surface area contributed by atoms with E-state index in [4.69, 9.17) is 0 Å². The second-order valence-electron chi connectivity index (χ2n) is 6.97. The molecule has 1 heterocycles. The molecule has 3 aromatic rings. The summed E-state index contributed by atoms with van der Waals surface area (Å²) in [5.74, 6) is 0. The van der Waals surface area contributed by atoms with Crippen molar-refractivity contribution in [3.63, 3.8) is 0 Å². The van der Waals surface area contributed by atoms with Crippen molar-refractivity contribution in [2.75, 3.05) is 6.16 Å². The summed E-state index contributed by atoms with van der Waals surface area (Å²) in [5.41, 5.74) is 6.24. The molecule has 0 fully saturated rings. The van der Waals surface area contributed by atoms with Gasteiger partial charge in [0, 0.05) is 0 Å². The van der Waals surface area contributed by atoms with Gasteiger partial charge >= 0.3 is 177 Å². The van der Waals surface area contributed by atoms with Crippen molar-refractivity contribution in [2.45, 2.75) is 18.2 Å². The van der Waals surface area contributed by atoms with Crippen molar-refractivity contribution < 1.29 is 0 Å². The number of hydrogen-bond acceptors (Lipinski definition) is 0. The van der Waals surface area contributed by atoms with E-state index in [2.05, 4.69) is 106 Å². The second-order valence-corrected chi connectivity index (χ2v) is 23.0. The van der Waals surface area contributed by atoms with E-state index in [-0.39, 0.29) is 0 Å². The molecular formula is C24H23PSe2. The number of rotatable bonds is 5. The van der Waals surface area contributed by atoms with E-state index >= 15 is 0 Å². The van der Waals surface area contributed by atoms with Crippen LogP contribution < -0.4 is 5.30 Å². The molecule has 1 aliphatic rings. The van der Waals surface area contributed by atoms with E-state index in [1.807, 2.05) is 0 Å². The van der Waals surface area contributed by atoms with Gasteiger partial charge in [0.15, 0.2) is 0 Å². The third kappa shape index (κ3) is 4.83. The zero-order valence-corrected chi connectivity index (χ0v) is 19.6. The van der Waals surface area contributed by atoms with Crippen LogP contribution in [0, 0.1) is 0 Å². The van der Waals surface area contributed by atoms with Gasteiger partial charge in [0.25, 0.3) is 0 Å². The summed E-state index contributed by atoms with van der Waals surface area (Å²) >= 11 is 4.35. The molecule has 0 radical (unpaired) electrons. The van der Waals surface area contributed by atoms with Crippen molar-refractivity contribution in [1.29, 1.82) is 0 Å². The topological polar surface area (TPSA) is 0 Å². The monoisotopic (exact) mass is 502 g/mol. The van der Waals surface area contributed by atoms with Gasteiger partial charge in [0.1, 0.15) is 0 Å². The molecule has 4 rings (SSSR count). The molecule has 1 aliphatic heterocycles. The summed E-state index contributed by atoms with van der Waals surface area (Å²) in [5, 5.41) is 2.84. The van der Waals surface area contributed by atoms with Crippen LogP contribution >= 0.6 is 4.20 Å². The molecule has 27 heavy (non-hydrogen) atoms. The van der Waals surface area contributed by atoms with Crippen molar-refractivity contribution in [3.05, 3.63) is 113 Å². The van der Waals surface area contributed by atoms with E-state index in [1.165, 1.54) is 22.6 Å². The van der Waals surface area contributed by atoms with Gasteiger partial charge in [0.05, 0.1) is 0 Å². The predicted octanol–water partition coefficient (Wildman–Crippen LogP) is 5.25. The Bertz CT molecular complexity index is 963. The standard InChI is InChI=1S/C24H23PSe2/c26-25(24-14-8-3-9-15-24)18-22(16-20-10-4-1-5-11-20)23(19-27-25)17-21-12-6-2-7-13-21/h1-15H,16-19H2. The molecule has 0 saturated heterocycles. The minimum absolute atomic E-state index is 0.638. The van der Waals surface area contributed by atoms with Gasteiger partial charge in [-0.2, -0.15) is 0 Å². The second kappa shape index (κ2) is 8.91. The fourth-order valence-electron chi connectivity index (χ4n) is 3.56. The maximum atomic E-state index is 3.71. The van der Waals surface area contributed by atoms with E-state index in [1.54, 1.807) is 16.5 Å². The normalized spacial score (nSPS) is 19.9. The van der Waals surface area contributed by atoms with Crippen LogP contribution in [0.25, 0.3) is 0 Å². The minimum atomic E-state index is -1.17. The summed E-state index contributed by atoms with van der Waals surface area (Å²) in [4.78, 5) is 0. The van der Waals surface area contributed by atoms with Crippen LogP contribution in [0.3, 0.4) is 0 Å². The molecule has 0 aliphatic carbocycles. The average molecular weight is 500 g/mol. The summed E-state index contributed by atoms with van der Waals surface area (Å²) in [7, 11) is 0. The first-order valence-electron chi connectivity index (χ1n) is 9.30. The molecule has 3 heteroatoms. The van der Waals surface area contributed by atoms with Crippen LogP contribution in [0.5, 0.6) is 0 Å². The summed E-state index contributed by atoms with van der Waals surface area (Å²) in [6.07, 6.45) is 3.45. The van der Waals surface area contributed by atoms with Gasteiger partial charge < -0.3 is 0 Å². The SMILES string of the molecule is [Se]=P1(c2ccccc2)CC(Cc2ccccc2)=C(Cc2ccccc2)C[Se]1. The van der Waals surface area contributed by atoms with Crippen molar-refractivity contribution in [1.82, 2.24) is 0 Å². The summed E-state index contributed by atoms with van der Waals surface area (Å²) in [6.45, 7) is 0. The molecule has 3 aromatic carbocycles. The third-order valence-corrected chi connectivity index (χ3v) is 19.3. The number of benzene rings is 3. The Hall–Kier alpha value is -1.13. The Morgan fingerprint density at radius 2 is 1.15 bits per heavy atom. The fraction of sp³-hybridized carbons (Fsp3) is 0.167. The summed E-state index contributed by atoms with van der Waals surface area (Å²) in [6, 6.07) is 33.2. The summed E-state index contributed by atoms with van der Waals surface area (Å²) < 4.78 is -1.17. The molecule has 1 atom stereocenters. The first-order chi connectivity index (χ1) is 13.2. The van der Waals surface area contributed by atoms with Crippen LogP contribution in [-0.4, -0.2) is 35.8 Å². The van der Waals surface area contributed by atoms with E-state index in [9.17, 15) is 0 Å². The first kappa shape index (κ1) is 19.2. The Morgan fingerprint density at radius 3 is 1.70 bits per heavy atom. The van der Waals surface area contributed by atoms with Crippen LogP contribution in [0.2, 0.25) is 5.32 Å². The van der Waals surface area contributed by atoms with Crippen LogP contribution in [0.1, 0.15) is 11.1 Å². The van der Waals surface area contributed by atoms with Crippen molar-refractivity contribution in [3.8, 4) is 0 Å². The van der Waals surface area contributed by atoms with Crippen molar-refractivity contribution >= 4 is 39.1 Å². The zero-order chi connectivity index (χ0) is 18.5. The van der Waals surface area contributed by atoms with Crippen LogP contribution in [0.15, 0.2) is 102 Å². The van der Waals surface area contributed by atoms with Gasteiger partial charge in [0.2, 0.25) is 0 Å². The Kier molecular flexibility index (Phi) is 6.34. The fourth-order valence-corrected chi connectivity index (χ4v) is 15.5.